The lowest BCUT2D eigenvalue weighted by molar-refractivity contribution is -0.147. The van der Waals surface area contributed by atoms with E-state index in [0.717, 1.165) is 5.56 Å². The number of rotatable bonds is 6. The van der Waals surface area contributed by atoms with Gasteiger partial charge < -0.3 is 15.2 Å². The van der Waals surface area contributed by atoms with Crippen LogP contribution in [0.2, 0.25) is 0 Å². The summed E-state index contributed by atoms with van der Waals surface area (Å²) in [7, 11) is 0. The maximum Gasteiger partial charge on any atom is 0.344 e. The van der Waals surface area contributed by atoms with E-state index >= 15 is 0 Å². The third-order valence-corrected chi connectivity index (χ3v) is 2.76. The van der Waals surface area contributed by atoms with Crippen LogP contribution in [0, 0.1) is 5.41 Å². The van der Waals surface area contributed by atoms with Crippen molar-refractivity contribution in [3.63, 3.8) is 0 Å². The van der Waals surface area contributed by atoms with Crippen molar-refractivity contribution < 1.29 is 14.3 Å². The largest absolute Gasteiger partial charge is 0.482 e. The van der Waals surface area contributed by atoms with Gasteiger partial charge in [0, 0.05) is 5.56 Å². The molecule has 0 fully saturated rings. The summed E-state index contributed by atoms with van der Waals surface area (Å²) in [5.74, 6) is 0.0787. The highest BCUT2D eigenvalue weighted by Crippen LogP contribution is 2.12. The Morgan fingerprint density at radius 3 is 2.33 bits per heavy atom. The van der Waals surface area contributed by atoms with Crippen molar-refractivity contribution in [1.29, 1.82) is 5.41 Å². The molecular weight excluding hydrogens is 268 g/mol. The van der Waals surface area contributed by atoms with Crippen molar-refractivity contribution in [3.8, 4) is 5.75 Å². The molecule has 2 rings (SSSR count). The highest BCUT2D eigenvalue weighted by atomic mass is 16.6. The maximum absolute atomic E-state index is 11.6. The van der Waals surface area contributed by atoms with Gasteiger partial charge in [-0.15, -0.1) is 0 Å². The monoisotopic (exact) mass is 284 g/mol. The van der Waals surface area contributed by atoms with E-state index in [9.17, 15) is 4.79 Å². The van der Waals surface area contributed by atoms with Crippen LogP contribution in [0.15, 0.2) is 54.6 Å². The molecule has 5 nitrogen and oxygen atoms in total. The first-order valence-corrected chi connectivity index (χ1v) is 6.42. The third-order valence-electron chi connectivity index (χ3n) is 2.76. The number of nitrogens with two attached hydrogens (primary N) is 1. The van der Waals surface area contributed by atoms with E-state index in [1.54, 1.807) is 24.3 Å². The van der Waals surface area contributed by atoms with Crippen LogP contribution < -0.4 is 10.5 Å². The molecule has 0 aromatic heterocycles. The number of esters is 1. The summed E-state index contributed by atoms with van der Waals surface area (Å²) < 4.78 is 10.4. The predicted molar refractivity (Wildman–Crippen MR) is 79.2 cm³/mol. The number of nitrogens with one attached hydrogen (secondary N) is 1. The van der Waals surface area contributed by atoms with E-state index in [4.69, 9.17) is 20.6 Å². The molecule has 0 unspecified atom stereocenters. The first-order valence-electron chi connectivity index (χ1n) is 6.42. The van der Waals surface area contributed by atoms with Crippen LogP contribution in [0.1, 0.15) is 11.1 Å². The fourth-order valence-corrected chi connectivity index (χ4v) is 1.65. The molecule has 0 aliphatic heterocycles. The Kier molecular flexibility index (Phi) is 4.93. The van der Waals surface area contributed by atoms with Crippen molar-refractivity contribution in [2.45, 2.75) is 6.61 Å². The minimum Gasteiger partial charge on any atom is -0.482 e. The molecule has 2 aromatic rings. The zero-order chi connectivity index (χ0) is 15.1. The summed E-state index contributed by atoms with van der Waals surface area (Å²) in [5, 5.41) is 7.28. The molecule has 0 bridgehead atoms. The Labute approximate surface area is 122 Å². The minimum absolute atomic E-state index is 0.0104. The average Bonchev–Trinajstić information content (AvgIpc) is 2.52. The lowest BCUT2D eigenvalue weighted by Crippen LogP contribution is -2.15. The molecule has 0 saturated carbocycles. The first-order chi connectivity index (χ1) is 10.1. The Morgan fingerprint density at radius 1 is 1.05 bits per heavy atom. The number of benzene rings is 2. The number of nitrogen functional groups attached to an aromatic ring is 1. The van der Waals surface area contributed by atoms with E-state index in [0.29, 0.717) is 11.3 Å². The van der Waals surface area contributed by atoms with Gasteiger partial charge in [-0.2, -0.15) is 0 Å². The van der Waals surface area contributed by atoms with Gasteiger partial charge in [-0.05, 0) is 29.8 Å². The molecule has 0 atom stereocenters. The van der Waals surface area contributed by atoms with Crippen molar-refractivity contribution in [3.05, 3.63) is 65.7 Å². The molecule has 2 aromatic carbocycles. The molecule has 0 amide bonds. The predicted octanol–water partition coefficient (Wildman–Crippen LogP) is 2.09. The van der Waals surface area contributed by atoms with Gasteiger partial charge in [0.25, 0.3) is 0 Å². The van der Waals surface area contributed by atoms with Crippen LogP contribution in [-0.4, -0.2) is 18.4 Å². The number of hydrogen-bond donors (Lipinski definition) is 2. The molecule has 0 heterocycles. The smallest absolute Gasteiger partial charge is 0.344 e. The molecule has 108 valence electrons. The zero-order valence-corrected chi connectivity index (χ0v) is 11.4. The van der Waals surface area contributed by atoms with Crippen LogP contribution in [0.25, 0.3) is 0 Å². The van der Waals surface area contributed by atoms with Crippen LogP contribution in [-0.2, 0) is 16.1 Å². The second-order valence-electron chi connectivity index (χ2n) is 4.37. The highest BCUT2D eigenvalue weighted by Gasteiger charge is 2.05. The number of amidine groups is 1. The van der Waals surface area contributed by atoms with Gasteiger partial charge in [-0.1, -0.05) is 30.3 Å². The van der Waals surface area contributed by atoms with Crippen LogP contribution in [0.5, 0.6) is 5.75 Å². The van der Waals surface area contributed by atoms with Crippen molar-refractivity contribution in [2.24, 2.45) is 5.73 Å². The fourth-order valence-electron chi connectivity index (χ4n) is 1.65. The van der Waals surface area contributed by atoms with E-state index in [-0.39, 0.29) is 19.0 Å². The van der Waals surface area contributed by atoms with Gasteiger partial charge in [0.2, 0.25) is 0 Å². The number of carbonyl (C=O) groups is 1. The van der Waals surface area contributed by atoms with E-state index in [1.165, 1.54) is 0 Å². The Morgan fingerprint density at radius 2 is 1.71 bits per heavy atom. The van der Waals surface area contributed by atoms with Crippen molar-refractivity contribution in [1.82, 2.24) is 0 Å². The van der Waals surface area contributed by atoms with Crippen LogP contribution in [0.3, 0.4) is 0 Å². The lowest BCUT2D eigenvalue weighted by atomic mass is 10.2. The average molecular weight is 284 g/mol. The topological polar surface area (TPSA) is 85.4 Å². The molecule has 5 heteroatoms. The van der Waals surface area contributed by atoms with E-state index in [1.807, 2.05) is 30.3 Å². The number of ether oxygens (including phenoxy) is 2. The number of hydrogen-bond acceptors (Lipinski definition) is 4. The summed E-state index contributed by atoms with van der Waals surface area (Å²) in [6, 6.07) is 16.1. The SMILES string of the molecule is N=C(N)c1ccc(OCC(=O)OCc2ccccc2)cc1. The molecule has 0 aliphatic rings. The van der Waals surface area contributed by atoms with Gasteiger partial charge in [0.1, 0.15) is 18.2 Å². The van der Waals surface area contributed by atoms with Gasteiger partial charge in [-0.3, -0.25) is 5.41 Å². The summed E-state index contributed by atoms with van der Waals surface area (Å²) >= 11 is 0. The summed E-state index contributed by atoms with van der Waals surface area (Å²) in [5.41, 5.74) is 6.88. The highest BCUT2D eigenvalue weighted by molar-refractivity contribution is 5.94. The zero-order valence-electron chi connectivity index (χ0n) is 11.4. The summed E-state index contributed by atoms with van der Waals surface area (Å²) in [6.07, 6.45) is 0. The fraction of sp³-hybridized carbons (Fsp3) is 0.125. The van der Waals surface area contributed by atoms with E-state index < -0.39 is 5.97 Å². The lowest BCUT2D eigenvalue weighted by Gasteiger charge is -2.07. The molecule has 0 saturated heterocycles. The Bertz CT molecular complexity index is 609. The van der Waals surface area contributed by atoms with Crippen molar-refractivity contribution >= 4 is 11.8 Å². The number of carbonyl (C=O) groups excluding carboxylic acids is 1. The second-order valence-corrected chi connectivity index (χ2v) is 4.37. The summed E-state index contributed by atoms with van der Waals surface area (Å²) in [6.45, 7) is 0.0680. The quantitative estimate of drug-likeness (QED) is 0.483. The van der Waals surface area contributed by atoms with E-state index in [2.05, 4.69) is 0 Å². The molecule has 0 radical (unpaired) electrons. The summed E-state index contributed by atoms with van der Waals surface area (Å²) in [4.78, 5) is 11.6. The normalized spacial score (nSPS) is 9.90. The minimum atomic E-state index is -0.436. The molecular formula is C16H16N2O3. The second kappa shape index (κ2) is 7.09. The van der Waals surface area contributed by atoms with Crippen molar-refractivity contribution in [2.75, 3.05) is 6.61 Å². The standard InChI is InChI=1S/C16H16N2O3/c17-16(18)13-6-8-14(9-7-13)20-11-15(19)21-10-12-4-2-1-3-5-12/h1-9H,10-11H2,(H3,17,18). The molecule has 21 heavy (non-hydrogen) atoms. The Hall–Kier alpha value is -2.82. The Balaban J connectivity index is 1.77. The maximum atomic E-state index is 11.6. The first kappa shape index (κ1) is 14.6. The molecule has 3 N–H and O–H groups in total. The van der Waals surface area contributed by atoms with Crippen LogP contribution >= 0.6 is 0 Å². The van der Waals surface area contributed by atoms with Gasteiger partial charge >= 0.3 is 5.97 Å². The molecule has 0 spiro atoms. The third kappa shape index (κ3) is 4.65. The van der Waals surface area contributed by atoms with Crippen LogP contribution in [0.4, 0.5) is 0 Å². The van der Waals surface area contributed by atoms with Gasteiger partial charge in [0.15, 0.2) is 6.61 Å². The molecule has 0 aliphatic carbocycles. The van der Waals surface area contributed by atoms with Gasteiger partial charge in [0.05, 0.1) is 0 Å². The van der Waals surface area contributed by atoms with Gasteiger partial charge in [-0.25, -0.2) is 4.79 Å².